The second kappa shape index (κ2) is 11.5. The maximum absolute atomic E-state index is 12.1. The summed E-state index contributed by atoms with van der Waals surface area (Å²) < 4.78 is 0. The van der Waals surface area contributed by atoms with E-state index in [2.05, 4.69) is 5.32 Å². The average Bonchev–Trinajstić information content (AvgIpc) is 2.56. The molecule has 158 valence electrons. The second-order valence-electron chi connectivity index (χ2n) is 5.69. The molecular weight excluding hydrogens is 384 g/mol. The summed E-state index contributed by atoms with van der Waals surface area (Å²) in [6, 6.07) is -6.25. The molecular formula is C14H22N4O10. The Morgan fingerprint density at radius 2 is 1.14 bits per heavy atom. The van der Waals surface area contributed by atoms with Gasteiger partial charge in [0.2, 0.25) is 17.7 Å². The largest absolute Gasteiger partial charge is 0.481 e. The van der Waals surface area contributed by atoms with Crippen molar-refractivity contribution in [2.45, 2.75) is 43.9 Å². The summed E-state index contributed by atoms with van der Waals surface area (Å²) in [5.41, 5.74) is 5.31. The van der Waals surface area contributed by atoms with Gasteiger partial charge in [-0.2, -0.15) is 0 Å². The lowest BCUT2D eigenvalue weighted by Crippen LogP contribution is -2.58. The molecule has 0 radical (unpaired) electrons. The Balaban J connectivity index is 5.28. The summed E-state index contributed by atoms with van der Waals surface area (Å²) in [5.74, 6) is -7.98. The molecule has 0 aromatic rings. The van der Waals surface area contributed by atoms with Crippen LogP contribution in [0.25, 0.3) is 0 Å². The molecule has 4 unspecified atom stereocenters. The summed E-state index contributed by atoms with van der Waals surface area (Å²) in [5, 5.41) is 41.5. The van der Waals surface area contributed by atoms with Crippen LogP contribution in [0.4, 0.5) is 0 Å². The van der Waals surface area contributed by atoms with Gasteiger partial charge < -0.3 is 42.1 Å². The van der Waals surface area contributed by atoms with E-state index in [9.17, 15) is 33.9 Å². The Morgan fingerprint density at radius 1 is 0.750 bits per heavy atom. The molecule has 0 aliphatic rings. The number of hydrogen-bond donors (Lipinski definition) is 8. The smallest absolute Gasteiger partial charge is 0.326 e. The first-order chi connectivity index (χ1) is 12.9. The van der Waals surface area contributed by atoms with E-state index in [4.69, 9.17) is 21.1 Å². The maximum Gasteiger partial charge on any atom is 0.326 e. The molecule has 0 aliphatic heterocycles. The molecule has 14 nitrogen and oxygen atoms in total. The van der Waals surface area contributed by atoms with Crippen molar-refractivity contribution in [2.24, 2.45) is 5.73 Å². The highest BCUT2D eigenvalue weighted by atomic mass is 16.4. The van der Waals surface area contributed by atoms with Gasteiger partial charge in [-0.05, 0) is 6.92 Å². The van der Waals surface area contributed by atoms with Crippen LogP contribution >= 0.6 is 0 Å². The number of aliphatic carboxylic acids is 3. The number of carboxylic acid groups (broad SMARTS) is 3. The molecule has 3 amide bonds. The summed E-state index contributed by atoms with van der Waals surface area (Å²) in [4.78, 5) is 68.3. The van der Waals surface area contributed by atoms with Gasteiger partial charge in [0.15, 0.2) is 0 Å². The second-order valence-corrected chi connectivity index (χ2v) is 5.69. The van der Waals surface area contributed by atoms with E-state index < -0.39 is 79.2 Å². The minimum absolute atomic E-state index is 0.805. The van der Waals surface area contributed by atoms with Crippen molar-refractivity contribution in [3.8, 4) is 0 Å². The highest BCUT2D eigenvalue weighted by Crippen LogP contribution is 2.00. The van der Waals surface area contributed by atoms with E-state index in [-0.39, 0.29) is 0 Å². The topological polar surface area (TPSA) is 245 Å². The van der Waals surface area contributed by atoms with Crippen LogP contribution in [0.3, 0.4) is 0 Å². The van der Waals surface area contributed by atoms with Crippen molar-refractivity contribution in [3.63, 3.8) is 0 Å². The van der Waals surface area contributed by atoms with E-state index in [1.807, 2.05) is 10.6 Å². The third-order valence-electron chi connectivity index (χ3n) is 3.23. The number of carboxylic acids is 3. The summed E-state index contributed by atoms with van der Waals surface area (Å²) in [6.45, 7) is 0.402. The van der Waals surface area contributed by atoms with Crippen molar-refractivity contribution in [3.05, 3.63) is 0 Å². The Bertz CT molecular complexity index is 636. The summed E-state index contributed by atoms with van der Waals surface area (Å²) in [6.07, 6.45) is -1.96. The molecule has 0 rings (SSSR count). The van der Waals surface area contributed by atoms with Crippen LogP contribution in [0.5, 0.6) is 0 Å². The number of carbonyl (C=O) groups is 6. The van der Waals surface area contributed by atoms with Crippen LogP contribution in [0.1, 0.15) is 19.8 Å². The fourth-order valence-corrected chi connectivity index (χ4v) is 1.80. The zero-order valence-corrected chi connectivity index (χ0v) is 14.7. The fraction of sp³-hybridized carbons (Fsp3) is 0.571. The van der Waals surface area contributed by atoms with E-state index in [1.165, 1.54) is 6.92 Å². The van der Waals surface area contributed by atoms with Gasteiger partial charge in [0.25, 0.3) is 0 Å². The number of nitrogens with two attached hydrogens (primary N) is 1. The van der Waals surface area contributed by atoms with Crippen LogP contribution in [0.15, 0.2) is 0 Å². The minimum atomic E-state index is -1.87. The number of aliphatic hydroxyl groups is 1. The van der Waals surface area contributed by atoms with Crippen LogP contribution < -0.4 is 21.7 Å². The Hall–Kier alpha value is -3.26. The lowest BCUT2D eigenvalue weighted by atomic mass is 10.1. The van der Waals surface area contributed by atoms with E-state index in [0.29, 0.717) is 0 Å². The first kappa shape index (κ1) is 24.7. The molecule has 0 saturated carbocycles. The van der Waals surface area contributed by atoms with Gasteiger partial charge in [0.1, 0.15) is 18.1 Å². The molecule has 14 heteroatoms. The Kier molecular flexibility index (Phi) is 10.1. The predicted molar refractivity (Wildman–Crippen MR) is 88.7 cm³/mol. The maximum atomic E-state index is 12.1. The van der Waals surface area contributed by atoms with E-state index in [1.54, 1.807) is 0 Å². The SMILES string of the molecule is CC(N)C(=O)NC(CO)C(=O)NC(CC(=O)O)C(=O)NC(CC(=O)O)C(=O)O. The van der Waals surface area contributed by atoms with Crippen LogP contribution in [-0.4, -0.2) is 86.8 Å². The molecule has 0 aromatic carbocycles. The molecule has 0 saturated heterocycles. The normalized spacial score (nSPS) is 14.7. The lowest BCUT2D eigenvalue weighted by Gasteiger charge is -2.23. The number of rotatable bonds is 12. The number of amides is 3. The van der Waals surface area contributed by atoms with Crippen molar-refractivity contribution in [1.29, 1.82) is 0 Å². The third kappa shape index (κ3) is 8.91. The highest BCUT2D eigenvalue weighted by Gasteiger charge is 2.31. The van der Waals surface area contributed by atoms with Crippen LogP contribution in [-0.2, 0) is 28.8 Å². The number of hydrogen-bond acceptors (Lipinski definition) is 8. The average molecular weight is 406 g/mol. The van der Waals surface area contributed by atoms with Gasteiger partial charge in [-0.15, -0.1) is 0 Å². The molecule has 0 aromatic heterocycles. The van der Waals surface area contributed by atoms with Crippen molar-refractivity contribution < 1.29 is 49.2 Å². The number of aliphatic hydroxyl groups excluding tert-OH is 1. The fourth-order valence-electron chi connectivity index (χ4n) is 1.80. The zero-order chi connectivity index (χ0) is 22.0. The van der Waals surface area contributed by atoms with Crippen LogP contribution in [0.2, 0.25) is 0 Å². The van der Waals surface area contributed by atoms with Gasteiger partial charge in [-0.25, -0.2) is 4.79 Å². The van der Waals surface area contributed by atoms with E-state index in [0.717, 1.165) is 0 Å². The monoisotopic (exact) mass is 406 g/mol. The standard InChI is InChI=1S/C14H22N4O10/c1-5(15)11(24)18-8(4-19)13(26)16-6(2-9(20)21)12(25)17-7(14(27)28)3-10(22)23/h5-8,19H,2-4,15H2,1H3,(H,16,26)(H,17,25)(H,18,24)(H,20,21)(H,22,23)(H,27,28). The van der Waals surface area contributed by atoms with Gasteiger partial charge in [-0.3, -0.25) is 24.0 Å². The first-order valence-corrected chi connectivity index (χ1v) is 7.83. The number of nitrogens with one attached hydrogen (secondary N) is 3. The molecule has 28 heavy (non-hydrogen) atoms. The van der Waals surface area contributed by atoms with Gasteiger partial charge in [0.05, 0.1) is 25.5 Å². The quantitative estimate of drug-likeness (QED) is 0.154. The first-order valence-electron chi connectivity index (χ1n) is 7.83. The molecule has 4 atom stereocenters. The molecule has 0 bridgehead atoms. The Morgan fingerprint density at radius 3 is 1.54 bits per heavy atom. The molecule has 0 heterocycles. The summed E-state index contributed by atoms with van der Waals surface area (Å²) >= 11 is 0. The minimum Gasteiger partial charge on any atom is -0.481 e. The van der Waals surface area contributed by atoms with Crippen molar-refractivity contribution >= 4 is 35.6 Å². The molecule has 0 fully saturated rings. The van der Waals surface area contributed by atoms with Crippen LogP contribution in [0, 0.1) is 0 Å². The molecule has 9 N–H and O–H groups in total. The van der Waals surface area contributed by atoms with Gasteiger partial charge in [0, 0.05) is 0 Å². The van der Waals surface area contributed by atoms with Crippen molar-refractivity contribution in [1.82, 2.24) is 16.0 Å². The predicted octanol–water partition coefficient (Wildman–Crippen LogP) is -4.19. The van der Waals surface area contributed by atoms with E-state index >= 15 is 0 Å². The molecule has 0 spiro atoms. The molecule has 0 aliphatic carbocycles. The third-order valence-corrected chi connectivity index (χ3v) is 3.23. The lowest BCUT2D eigenvalue weighted by molar-refractivity contribution is -0.148. The zero-order valence-electron chi connectivity index (χ0n) is 14.7. The summed E-state index contributed by atoms with van der Waals surface area (Å²) in [7, 11) is 0. The highest BCUT2D eigenvalue weighted by molar-refractivity contribution is 5.96. The number of carbonyl (C=O) groups excluding carboxylic acids is 3. The van der Waals surface area contributed by atoms with Crippen molar-refractivity contribution in [2.75, 3.05) is 6.61 Å². The van der Waals surface area contributed by atoms with Gasteiger partial charge >= 0.3 is 17.9 Å². The Labute approximate surface area is 158 Å². The van der Waals surface area contributed by atoms with Gasteiger partial charge in [-0.1, -0.05) is 0 Å².